The number of hydrogen-bond acceptors (Lipinski definition) is 3. The maximum atomic E-state index is 6.63. The molecular formula is C49H33N3O. The first-order valence-electron chi connectivity index (χ1n) is 18.2. The molecule has 0 unspecified atom stereocenters. The molecule has 3 heterocycles. The van der Waals surface area contributed by atoms with Crippen LogP contribution in [0.1, 0.15) is 25.0 Å². The Morgan fingerprint density at radius 1 is 0.453 bits per heavy atom. The molecule has 0 N–H and O–H groups in total. The predicted molar refractivity (Wildman–Crippen MR) is 218 cm³/mol. The molecule has 7 aromatic carbocycles. The molecule has 4 nitrogen and oxygen atoms in total. The van der Waals surface area contributed by atoms with E-state index in [0.717, 1.165) is 66.7 Å². The topological polar surface area (TPSA) is 43.9 Å². The van der Waals surface area contributed by atoms with Crippen LogP contribution in [0.2, 0.25) is 0 Å². The number of hydrogen-bond donors (Lipinski definition) is 0. The van der Waals surface area contributed by atoms with Gasteiger partial charge in [-0.2, -0.15) is 0 Å². The summed E-state index contributed by atoms with van der Waals surface area (Å²) in [6.45, 7) is 4.62. The Morgan fingerprint density at radius 3 is 1.98 bits per heavy atom. The zero-order valence-electron chi connectivity index (χ0n) is 29.3. The Morgan fingerprint density at radius 2 is 1.13 bits per heavy atom. The van der Waals surface area contributed by atoms with E-state index in [9.17, 15) is 0 Å². The van der Waals surface area contributed by atoms with E-state index >= 15 is 0 Å². The lowest BCUT2D eigenvalue weighted by Gasteiger charge is -2.21. The molecule has 11 rings (SSSR count). The van der Waals surface area contributed by atoms with Crippen LogP contribution in [0, 0.1) is 0 Å². The molecule has 4 heteroatoms. The van der Waals surface area contributed by atoms with Gasteiger partial charge in [-0.05, 0) is 75.8 Å². The molecule has 0 atom stereocenters. The minimum absolute atomic E-state index is 0.0726. The van der Waals surface area contributed by atoms with Crippen LogP contribution in [0.3, 0.4) is 0 Å². The van der Waals surface area contributed by atoms with Crippen molar-refractivity contribution in [2.45, 2.75) is 19.3 Å². The second-order valence-corrected chi connectivity index (χ2v) is 14.6. The number of benzene rings is 7. The number of para-hydroxylation sites is 1. The highest BCUT2D eigenvalue weighted by molar-refractivity contribution is 6.11. The van der Waals surface area contributed by atoms with Gasteiger partial charge in [-0.3, -0.25) is 4.57 Å². The Hall–Kier alpha value is -6.78. The van der Waals surface area contributed by atoms with Crippen molar-refractivity contribution in [1.82, 2.24) is 14.5 Å². The van der Waals surface area contributed by atoms with Crippen LogP contribution in [0.25, 0.3) is 94.5 Å². The Labute approximate surface area is 306 Å². The number of nitrogens with zero attached hydrogens (tertiary/aromatic N) is 3. The average molecular weight is 680 g/mol. The summed E-state index contributed by atoms with van der Waals surface area (Å²) in [5.41, 5.74) is 14.4. The van der Waals surface area contributed by atoms with Gasteiger partial charge in [0.2, 0.25) is 0 Å². The molecule has 53 heavy (non-hydrogen) atoms. The highest BCUT2D eigenvalue weighted by Gasteiger charge is 2.36. The van der Waals surface area contributed by atoms with Crippen molar-refractivity contribution in [2.24, 2.45) is 0 Å². The van der Waals surface area contributed by atoms with E-state index in [2.05, 4.69) is 158 Å². The fraction of sp³-hybridized carbons (Fsp3) is 0.0612. The van der Waals surface area contributed by atoms with E-state index in [4.69, 9.17) is 14.4 Å². The smallest absolute Gasteiger partial charge is 0.162 e. The summed E-state index contributed by atoms with van der Waals surface area (Å²) in [4.78, 5) is 10.2. The van der Waals surface area contributed by atoms with E-state index in [1.54, 1.807) is 0 Å². The standard InChI is InChI=1S/C49H33N3O/c1-49(2)40-19-11-9-17-34(40)37-27-39-36-23-21-33(26-45(36)53-46(39)28-41(37)49)32-22-24-44-38(25-32)35-18-10-12-20-43(35)52(44)47-29-42(30-13-5-3-6-14-30)50-48(51-47)31-15-7-4-8-16-31/h3-29H,1-2H3. The van der Waals surface area contributed by atoms with Gasteiger partial charge in [0.1, 0.15) is 17.0 Å². The fourth-order valence-electron chi connectivity index (χ4n) is 8.57. The van der Waals surface area contributed by atoms with Crippen molar-refractivity contribution < 1.29 is 4.42 Å². The van der Waals surface area contributed by atoms with Crippen LogP contribution in [-0.2, 0) is 5.41 Å². The minimum atomic E-state index is -0.0726. The van der Waals surface area contributed by atoms with Crippen LogP contribution in [0.15, 0.2) is 168 Å². The number of fused-ring (bicyclic) bond motifs is 9. The molecule has 3 aromatic heterocycles. The van der Waals surface area contributed by atoms with Gasteiger partial charge in [-0.25, -0.2) is 9.97 Å². The largest absolute Gasteiger partial charge is 0.456 e. The molecule has 0 fully saturated rings. The van der Waals surface area contributed by atoms with Crippen molar-refractivity contribution in [3.63, 3.8) is 0 Å². The molecule has 1 aliphatic carbocycles. The van der Waals surface area contributed by atoms with E-state index in [-0.39, 0.29) is 5.41 Å². The zero-order valence-corrected chi connectivity index (χ0v) is 29.3. The van der Waals surface area contributed by atoms with Crippen molar-refractivity contribution in [2.75, 3.05) is 0 Å². The van der Waals surface area contributed by atoms with E-state index in [1.807, 2.05) is 24.3 Å². The molecule has 10 aromatic rings. The second kappa shape index (κ2) is 11.1. The van der Waals surface area contributed by atoms with Crippen molar-refractivity contribution >= 4 is 43.7 Å². The fourth-order valence-corrected chi connectivity index (χ4v) is 8.57. The van der Waals surface area contributed by atoms with Crippen LogP contribution < -0.4 is 0 Å². The maximum Gasteiger partial charge on any atom is 0.162 e. The first-order chi connectivity index (χ1) is 26.0. The average Bonchev–Trinajstić information content (AvgIpc) is 3.82. The third kappa shape index (κ3) is 4.49. The third-order valence-electron chi connectivity index (χ3n) is 11.2. The van der Waals surface area contributed by atoms with Gasteiger partial charge in [0.25, 0.3) is 0 Å². The Balaban J connectivity index is 1.06. The van der Waals surface area contributed by atoms with Crippen LogP contribution in [0.5, 0.6) is 0 Å². The van der Waals surface area contributed by atoms with Gasteiger partial charge in [0.05, 0.1) is 16.7 Å². The lowest BCUT2D eigenvalue weighted by Crippen LogP contribution is -2.14. The molecule has 0 saturated heterocycles. The molecule has 0 saturated carbocycles. The summed E-state index contributed by atoms with van der Waals surface area (Å²) < 4.78 is 8.90. The monoisotopic (exact) mass is 679 g/mol. The summed E-state index contributed by atoms with van der Waals surface area (Å²) in [5, 5.41) is 4.64. The number of aromatic nitrogens is 3. The summed E-state index contributed by atoms with van der Waals surface area (Å²) in [6, 6.07) is 58.0. The molecule has 250 valence electrons. The minimum Gasteiger partial charge on any atom is -0.456 e. The third-order valence-corrected chi connectivity index (χ3v) is 11.2. The van der Waals surface area contributed by atoms with Crippen LogP contribution in [-0.4, -0.2) is 14.5 Å². The molecule has 0 aliphatic heterocycles. The summed E-state index contributed by atoms with van der Waals surface area (Å²) in [5.74, 6) is 1.53. The SMILES string of the molecule is CC1(C)c2ccccc2-c2cc3c(cc21)oc1cc(-c2ccc4c(c2)c2ccccc2n4-c2cc(-c4ccccc4)nc(-c4ccccc4)n2)ccc13. The number of furan rings is 1. The summed E-state index contributed by atoms with van der Waals surface area (Å²) in [7, 11) is 0. The quantitative estimate of drug-likeness (QED) is 0.186. The first kappa shape index (κ1) is 29.9. The summed E-state index contributed by atoms with van der Waals surface area (Å²) in [6.07, 6.45) is 0. The highest BCUT2D eigenvalue weighted by atomic mass is 16.3. The lowest BCUT2D eigenvalue weighted by atomic mass is 9.82. The van der Waals surface area contributed by atoms with Gasteiger partial charge in [-0.15, -0.1) is 0 Å². The van der Waals surface area contributed by atoms with E-state index in [1.165, 1.54) is 33.0 Å². The van der Waals surface area contributed by atoms with Crippen molar-refractivity contribution in [3.8, 4) is 50.7 Å². The van der Waals surface area contributed by atoms with E-state index in [0.29, 0.717) is 5.82 Å². The van der Waals surface area contributed by atoms with Crippen molar-refractivity contribution in [1.29, 1.82) is 0 Å². The lowest BCUT2D eigenvalue weighted by molar-refractivity contribution is 0.647. The second-order valence-electron chi connectivity index (χ2n) is 14.6. The van der Waals surface area contributed by atoms with E-state index < -0.39 is 0 Å². The predicted octanol–water partition coefficient (Wildman–Crippen LogP) is 12.8. The maximum absolute atomic E-state index is 6.63. The highest BCUT2D eigenvalue weighted by Crippen LogP contribution is 2.51. The van der Waals surface area contributed by atoms with Gasteiger partial charge in [0.15, 0.2) is 5.82 Å². The zero-order chi connectivity index (χ0) is 35.3. The molecule has 0 radical (unpaired) electrons. The molecule has 1 aliphatic rings. The van der Waals surface area contributed by atoms with Gasteiger partial charge in [0, 0.05) is 44.2 Å². The Kier molecular flexibility index (Phi) is 6.27. The van der Waals surface area contributed by atoms with Gasteiger partial charge >= 0.3 is 0 Å². The molecule has 0 spiro atoms. The molecular weight excluding hydrogens is 647 g/mol. The number of rotatable bonds is 4. The Bertz CT molecular complexity index is 3020. The molecule has 0 bridgehead atoms. The normalized spacial score (nSPS) is 13.2. The van der Waals surface area contributed by atoms with Crippen LogP contribution >= 0.6 is 0 Å². The van der Waals surface area contributed by atoms with Crippen LogP contribution in [0.4, 0.5) is 0 Å². The van der Waals surface area contributed by atoms with Gasteiger partial charge in [-0.1, -0.05) is 129 Å². The van der Waals surface area contributed by atoms with Crippen molar-refractivity contribution in [3.05, 3.63) is 175 Å². The van der Waals surface area contributed by atoms with Gasteiger partial charge < -0.3 is 4.42 Å². The molecule has 0 amide bonds. The first-order valence-corrected chi connectivity index (χ1v) is 18.2. The summed E-state index contributed by atoms with van der Waals surface area (Å²) >= 11 is 0.